The maximum atomic E-state index is 13.1. The quantitative estimate of drug-likeness (QED) is 0.344. The number of anilines is 1. The molecule has 0 spiro atoms. The normalized spacial score (nSPS) is 13.2. The molecule has 2 N–H and O–H groups in total. The average Bonchev–Trinajstić information content (AvgIpc) is 3.19. The van der Waals surface area contributed by atoms with Gasteiger partial charge in [-0.15, -0.1) is 0 Å². The van der Waals surface area contributed by atoms with Gasteiger partial charge < -0.3 is 9.73 Å². The highest BCUT2D eigenvalue weighted by Crippen LogP contribution is 2.32. The van der Waals surface area contributed by atoms with Gasteiger partial charge in [-0.1, -0.05) is 17.7 Å². The Kier molecular flexibility index (Phi) is 6.72. The summed E-state index contributed by atoms with van der Waals surface area (Å²) in [5, 5.41) is 7.65. The lowest BCUT2D eigenvalue weighted by molar-refractivity contribution is 0.490. The zero-order valence-corrected chi connectivity index (χ0v) is 22.5. The minimum atomic E-state index is -3.99. The van der Waals surface area contributed by atoms with Gasteiger partial charge in [0.25, 0.3) is 10.0 Å². The van der Waals surface area contributed by atoms with Gasteiger partial charge in [-0.05, 0) is 58.4 Å². The van der Waals surface area contributed by atoms with Crippen molar-refractivity contribution >= 4 is 38.3 Å². The summed E-state index contributed by atoms with van der Waals surface area (Å²) < 4.78 is 36.7. The number of hydrogen-bond donors (Lipinski definition) is 2. The molecule has 0 saturated heterocycles. The molecule has 1 aromatic carbocycles. The molecule has 0 bridgehead atoms. The minimum absolute atomic E-state index is 0.0515. The molecule has 4 aromatic rings. The zero-order valence-electron chi connectivity index (χ0n) is 20.9. The maximum Gasteiger partial charge on any atom is 0.260 e. The molecule has 0 aliphatic rings. The van der Waals surface area contributed by atoms with Crippen LogP contribution in [-0.2, 0) is 17.1 Å². The summed E-state index contributed by atoms with van der Waals surface area (Å²) in [6.07, 6.45) is 3.39. The summed E-state index contributed by atoms with van der Waals surface area (Å²) in [5.74, 6) is 0.392. The molecule has 1 unspecified atom stereocenters. The van der Waals surface area contributed by atoms with Crippen molar-refractivity contribution in [2.24, 2.45) is 7.05 Å². The third kappa shape index (κ3) is 5.45. The summed E-state index contributed by atoms with van der Waals surface area (Å²) >= 11 is 6.05. The predicted octanol–water partition coefficient (Wildman–Crippen LogP) is 4.80. The van der Waals surface area contributed by atoms with Crippen molar-refractivity contribution in [1.82, 2.24) is 19.5 Å². The summed E-state index contributed by atoms with van der Waals surface area (Å²) in [7, 11) is -2.21. The molecular weight excluding hydrogens is 502 g/mol. The van der Waals surface area contributed by atoms with Crippen LogP contribution >= 0.6 is 11.6 Å². The van der Waals surface area contributed by atoms with Gasteiger partial charge >= 0.3 is 0 Å². The molecule has 1 atom stereocenters. The van der Waals surface area contributed by atoms with Gasteiger partial charge in [0.05, 0.1) is 28.9 Å². The molecule has 0 aliphatic heterocycles. The lowest BCUT2D eigenvalue weighted by Gasteiger charge is -2.23. The fraction of sp³-hybridized carbons (Fsp3) is 0.320. The molecular formula is C25H28ClN5O4S. The molecule has 0 fully saturated rings. The second-order valence-corrected chi connectivity index (χ2v) is 11.8. The first-order valence-corrected chi connectivity index (χ1v) is 13.1. The first-order chi connectivity index (χ1) is 16.7. The van der Waals surface area contributed by atoms with Crippen LogP contribution in [0.15, 0.2) is 57.0 Å². The second kappa shape index (κ2) is 9.34. The predicted molar refractivity (Wildman–Crippen MR) is 141 cm³/mol. The zero-order chi connectivity index (χ0) is 26.4. The lowest BCUT2D eigenvalue weighted by Crippen LogP contribution is -2.41. The highest BCUT2D eigenvalue weighted by atomic mass is 35.5. The van der Waals surface area contributed by atoms with Gasteiger partial charge in [0, 0.05) is 30.4 Å². The highest BCUT2D eigenvalue weighted by Gasteiger charge is 2.27. The number of sulfonamides is 1. The fourth-order valence-electron chi connectivity index (χ4n) is 3.94. The van der Waals surface area contributed by atoms with Crippen LogP contribution in [-0.4, -0.2) is 28.7 Å². The van der Waals surface area contributed by atoms with Crippen LogP contribution in [0.4, 0.5) is 5.69 Å². The molecule has 0 radical (unpaired) electrons. The van der Waals surface area contributed by atoms with Crippen LogP contribution in [0.2, 0.25) is 5.15 Å². The van der Waals surface area contributed by atoms with Crippen LogP contribution in [0.3, 0.4) is 0 Å². The van der Waals surface area contributed by atoms with Crippen molar-refractivity contribution in [2.45, 2.75) is 51.2 Å². The maximum absolute atomic E-state index is 13.1. The minimum Gasteiger partial charge on any atom is -0.455 e. The van der Waals surface area contributed by atoms with Crippen LogP contribution in [0, 0.1) is 6.92 Å². The van der Waals surface area contributed by atoms with E-state index in [4.69, 9.17) is 16.0 Å². The molecule has 9 nitrogen and oxygen atoms in total. The third-order valence-corrected chi connectivity index (χ3v) is 7.26. The average molecular weight is 530 g/mol. The van der Waals surface area contributed by atoms with E-state index in [1.54, 1.807) is 57.0 Å². The monoisotopic (exact) mass is 529 g/mol. The van der Waals surface area contributed by atoms with Crippen molar-refractivity contribution in [2.75, 3.05) is 5.32 Å². The van der Waals surface area contributed by atoms with E-state index in [-0.39, 0.29) is 21.3 Å². The van der Waals surface area contributed by atoms with Crippen molar-refractivity contribution in [3.63, 3.8) is 0 Å². The highest BCUT2D eigenvalue weighted by molar-refractivity contribution is 7.89. The molecule has 36 heavy (non-hydrogen) atoms. The Morgan fingerprint density at radius 2 is 1.89 bits per heavy atom. The summed E-state index contributed by atoms with van der Waals surface area (Å²) in [6.45, 7) is 8.97. The second-order valence-electron chi connectivity index (χ2n) is 9.82. The topological polar surface area (TPSA) is 119 Å². The van der Waals surface area contributed by atoms with Gasteiger partial charge in [0.2, 0.25) is 0 Å². The molecule has 11 heteroatoms. The molecule has 0 aliphatic carbocycles. The number of aryl methyl sites for hydroxylation is 2. The summed E-state index contributed by atoms with van der Waals surface area (Å²) in [6, 6.07) is 7.76. The van der Waals surface area contributed by atoms with E-state index in [0.29, 0.717) is 27.9 Å². The van der Waals surface area contributed by atoms with E-state index in [0.717, 1.165) is 5.56 Å². The van der Waals surface area contributed by atoms with Gasteiger partial charge in [-0.3, -0.25) is 9.48 Å². The van der Waals surface area contributed by atoms with Gasteiger partial charge in [0.15, 0.2) is 10.5 Å². The molecule has 3 heterocycles. The first kappa shape index (κ1) is 25.9. The number of pyridine rings is 1. The van der Waals surface area contributed by atoms with E-state index >= 15 is 0 Å². The molecule has 0 saturated carbocycles. The van der Waals surface area contributed by atoms with Crippen LogP contribution < -0.4 is 15.5 Å². The Labute approximate surface area is 214 Å². The van der Waals surface area contributed by atoms with Crippen molar-refractivity contribution in [3.05, 3.63) is 69.2 Å². The van der Waals surface area contributed by atoms with Gasteiger partial charge in [0.1, 0.15) is 16.5 Å². The van der Waals surface area contributed by atoms with Crippen LogP contribution in [0.1, 0.15) is 44.9 Å². The molecule has 0 amide bonds. The SMILES string of the molecule is Cc1cc(C(C)Nc2ccc(Cl)nc2S(=O)(=O)NC(C)(C)C)c2oc(-c3cnn(C)c3)cc(=O)c2c1. The molecule has 3 aromatic heterocycles. The van der Waals surface area contributed by atoms with E-state index in [2.05, 4.69) is 20.1 Å². The molecule has 190 valence electrons. The number of rotatable bonds is 6. The van der Waals surface area contributed by atoms with Crippen LogP contribution in [0.5, 0.6) is 0 Å². The van der Waals surface area contributed by atoms with Crippen molar-refractivity contribution in [3.8, 4) is 11.3 Å². The van der Waals surface area contributed by atoms with Crippen molar-refractivity contribution in [1.29, 1.82) is 0 Å². The van der Waals surface area contributed by atoms with E-state index < -0.39 is 21.6 Å². The number of hydrogen-bond acceptors (Lipinski definition) is 7. The Morgan fingerprint density at radius 1 is 1.17 bits per heavy atom. The van der Waals surface area contributed by atoms with E-state index in [9.17, 15) is 13.2 Å². The van der Waals surface area contributed by atoms with E-state index in [1.165, 1.54) is 12.1 Å². The van der Waals surface area contributed by atoms with Gasteiger partial charge in [-0.2, -0.15) is 5.10 Å². The Morgan fingerprint density at radius 3 is 2.53 bits per heavy atom. The standard InChI is InChI=1S/C25H28ClN5O4S/c1-14-9-17(23-18(10-14)20(32)11-21(35-23)16-12-27-31(6)13-16)15(2)28-19-7-8-22(26)29-24(19)36(33,34)30-25(3,4)5/h7-13,15,28,30H,1-6H3. The smallest absolute Gasteiger partial charge is 0.260 e. The summed E-state index contributed by atoms with van der Waals surface area (Å²) in [4.78, 5) is 17.1. The number of halogens is 1. The Hall–Kier alpha value is -3.21. The number of nitrogens with one attached hydrogen (secondary N) is 2. The largest absolute Gasteiger partial charge is 0.455 e. The Balaban J connectivity index is 1.82. The number of fused-ring (bicyclic) bond motifs is 1. The van der Waals surface area contributed by atoms with E-state index in [1.807, 2.05) is 19.9 Å². The number of aromatic nitrogens is 3. The fourth-order valence-corrected chi connectivity index (χ4v) is 5.68. The Bertz CT molecular complexity index is 1620. The summed E-state index contributed by atoms with van der Waals surface area (Å²) in [5.41, 5.74) is 2.00. The number of nitrogens with zero attached hydrogens (tertiary/aromatic N) is 3. The lowest BCUT2D eigenvalue weighted by atomic mass is 10.0. The van der Waals surface area contributed by atoms with Crippen LogP contribution in [0.25, 0.3) is 22.3 Å². The molecule has 4 rings (SSSR count). The van der Waals surface area contributed by atoms with Gasteiger partial charge in [-0.25, -0.2) is 18.1 Å². The first-order valence-electron chi connectivity index (χ1n) is 11.3. The number of benzene rings is 1. The van der Waals surface area contributed by atoms with Crippen molar-refractivity contribution < 1.29 is 12.8 Å². The third-order valence-electron chi connectivity index (χ3n) is 5.35.